The fourth-order valence-electron chi connectivity index (χ4n) is 2.21. The van der Waals surface area contributed by atoms with E-state index < -0.39 is 10.2 Å². The molecule has 6 heteroatoms. The van der Waals surface area contributed by atoms with Crippen LogP contribution in [0.3, 0.4) is 0 Å². The first kappa shape index (κ1) is 15.9. The molecule has 1 aliphatic rings. The second-order valence-corrected chi connectivity index (χ2v) is 7.94. The molecule has 0 spiro atoms. The quantitative estimate of drug-likeness (QED) is 0.816. The highest BCUT2D eigenvalue weighted by molar-refractivity contribution is 7.86. The van der Waals surface area contributed by atoms with E-state index in [9.17, 15) is 8.42 Å². The van der Waals surface area contributed by atoms with Gasteiger partial charge in [-0.05, 0) is 18.3 Å². The standard InChI is InChI=1S/C12H27N3O2S/c1-5-6-8-14(4)18(16,17)15-9-7-11(13)12(2,3)10-15/h11H,5-10,13H2,1-4H3. The minimum atomic E-state index is -3.32. The van der Waals surface area contributed by atoms with Crippen LogP contribution < -0.4 is 5.73 Å². The van der Waals surface area contributed by atoms with Crippen molar-refractivity contribution < 1.29 is 8.42 Å². The maximum Gasteiger partial charge on any atom is 0.281 e. The smallest absolute Gasteiger partial charge is 0.281 e. The van der Waals surface area contributed by atoms with E-state index in [0.29, 0.717) is 19.6 Å². The molecule has 1 heterocycles. The van der Waals surface area contributed by atoms with Crippen molar-refractivity contribution in [3.05, 3.63) is 0 Å². The first-order valence-electron chi connectivity index (χ1n) is 6.69. The Bertz CT molecular complexity index is 368. The molecule has 1 aliphatic heterocycles. The molecule has 0 radical (unpaired) electrons. The van der Waals surface area contributed by atoms with Crippen LogP contribution in [0.4, 0.5) is 0 Å². The summed E-state index contributed by atoms with van der Waals surface area (Å²) in [6, 6.07) is 0.0740. The van der Waals surface area contributed by atoms with Crippen molar-refractivity contribution >= 4 is 10.2 Å². The molecule has 0 aromatic rings. The molecule has 108 valence electrons. The Morgan fingerprint density at radius 3 is 2.56 bits per heavy atom. The molecular formula is C12H27N3O2S. The zero-order chi connectivity index (χ0) is 14.0. The molecule has 0 aromatic carbocycles. The van der Waals surface area contributed by atoms with E-state index in [4.69, 9.17) is 5.73 Å². The third-order valence-electron chi connectivity index (χ3n) is 3.82. The molecule has 0 saturated carbocycles. The molecule has 1 rings (SSSR count). The van der Waals surface area contributed by atoms with Crippen LogP contribution in [-0.2, 0) is 10.2 Å². The van der Waals surface area contributed by atoms with Gasteiger partial charge in [0.1, 0.15) is 0 Å². The highest BCUT2D eigenvalue weighted by atomic mass is 32.2. The first-order chi connectivity index (χ1) is 8.21. The van der Waals surface area contributed by atoms with E-state index in [1.54, 1.807) is 11.4 Å². The van der Waals surface area contributed by atoms with Gasteiger partial charge in [0.15, 0.2) is 0 Å². The SMILES string of the molecule is CCCCN(C)S(=O)(=O)N1CCC(N)C(C)(C)C1. The zero-order valence-corrected chi connectivity index (χ0v) is 12.8. The van der Waals surface area contributed by atoms with Crippen LogP contribution in [0.5, 0.6) is 0 Å². The van der Waals surface area contributed by atoms with Gasteiger partial charge in [-0.25, -0.2) is 0 Å². The number of hydrogen-bond donors (Lipinski definition) is 1. The minimum Gasteiger partial charge on any atom is -0.327 e. The molecular weight excluding hydrogens is 250 g/mol. The van der Waals surface area contributed by atoms with Crippen LogP contribution in [0, 0.1) is 5.41 Å². The van der Waals surface area contributed by atoms with Crippen LogP contribution in [0.2, 0.25) is 0 Å². The fourth-order valence-corrected chi connectivity index (χ4v) is 3.80. The summed E-state index contributed by atoms with van der Waals surface area (Å²) in [6.45, 7) is 7.75. The van der Waals surface area contributed by atoms with E-state index in [1.807, 2.05) is 13.8 Å². The number of piperidine rings is 1. The Morgan fingerprint density at radius 1 is 1.44 bits per heavy atom. The lowest BCUT2D eigenvalue weighted by Gasteiger charge is -2.42. The highest BCUT2D eigenvalue weighted by Gasteiger charge is 2.39. The molecule has 0 aromatic heterocycles. The number of nitrogens with two attached hydrogens (primary N) is 1. The van der Waals surface area contributed by atoms with Crippen LogP contribution >= 0.6 is 0 Å². The summed E-state index contributed by atoms with van der Waals surface area (Å²) < 4.78 is 27.8. The Morgan fingerprint density at radius 2 is 2.06 bits per heavy atom. The van der Waals surface area contributed by atoms with Crippen LogP contribution in [0.1, 0.15) is 40.0 Å². The predicted molar refractivity (Wildman–Crippen MR) is 74.4 cm³/mol. The molecule has 5 nitrogen and oxygen atoms in total. The lowest BCUT2D eigenvalue weighted by Crippen LogP contribution is -2.56. The van der Waals surface area contributed by atoms with Gasteiger partial charge in [0, 0.05) is 32.7 Å². The fraction of sp³-hybridized carbons (Fsp3) is 1.00. The van der Waals surface area contributed by atoms with E-state index in [1.165, 1.54) is 4.31 Å². The summed E-state index contributed by atoms with van der Waals surface area (Å²) >= 11 is 0. The second kappa shape index (κ2) is 5.86. The summed E-state index contributed by atoms with van der Waals surface area (Å²) in [5.41, 5.74) is 5.88. The number of hydrogen-bond acceptors (Lipinski definition) is 3. The molecule has 2 N–H and O–H groups in total. The summed E-state index contributed by atoms with van der Waals surface area (Å²) in [5, 5.41) is 0. The number of nitrogens with zero attached hydrogens (tertiary/aromatic N) is 2. The summed E-state index contributed by atoms with van der Waals surface area (Å²) in [7, 11) is -1.66. The monoisotopic (exact) mass is 277 g/mol. The maximum atomic E-state index is 12.4. The summed E-state index contributed by atoms with van der Waals surface area (Å²) in [6.07, 6.45) is 2.62. The molecule has 0 amide bonds. The van der Waals surface area contributed by atoms with E-state index >= 15 is 0 Å². The van der Waals surface area contributed by atoms with Gasteiger partial charge in [-0.3, -0.25) is 0 Å². The predicted octanol–water partition coefficient (Wildman–Crippen LogP) is 1.02. The lowest BCUT2D eigenvalue weighted by molar-refractivity contribution is 0.150. The first-order valence-corrected chi connectivity index (χ1v) is 8.08. The molecule has 18 heavy (non-hydrogen) atoms. The normalized spacial score (nSPS) is 25.6. The van der Waals surface area contributed by atoms with E-state index in [2.05, 4.69) is 6.92 Å². The van der Waals surface area contributed by atoms with Gasteiger partial charge in [-0.1, -0.05) is 27.2 Å². The van der Waals surface area contributed by atoms with Crippen molar-refractivity contribution in [1.82, 2.24) is 8.61 Å². The topological polar surface area (TPSA) is 66.6 Å². The molecule has 0 aliphatic carbocycles. The van der Waals surface area contributed by atoms with Crippen molar-refractivity contribution in [2.45, 2.75) is 46.1 Å². The molecule has 1 atom stereocenters. The highest BCUT2D eigenvalue weighted by Crippen LogP contribution is 2.29. The second-order valence-electron chi connectivity index (χ2n) is 5.90. The minimum absolute atomic E-state index is 0.0740. The Labute approximate surface area is 112 Å². The van der Waals surface area contributed by atoms with Crippen LogP contribution in [0.25, 0.3) is 0 Å². The van der Waals surface area contributed by atoms with Gasteiger partial charge >= 0.3 is 0 Å². The van der Waals surface area contributed by atoms with Crippen LogP contribution in [-0.4, -0.2) is 49.8 Å². The maximum absolute atomic E-state index is 12.4. The number of rotatable bonds is 5. The van der Waals surface area contributed by atoms with E-state index in [0.717, 1.165) is 19.3 Å². The largest absolute Gasteiger partial charge is 0.327 e. The Hall–Kier alpha value is -0.170. The van der Waals surface area contributed by atoms with Crippen molar-refractivity contribution in [3.63, 3.8) is 0 Å². The molecule has 1 saturated heterocycles. The average molecular weight is 277 g/mol. The average Bonchev–Trinajstić information content (AvgIpc) is 2.29. The van der Waals surface area contributed by atoms with Crippen molar-refractivity contribution in [2.24, 2.45) is 11.1 Å². The lowest BCUT2D eigenvalue weighted by atomic mass is 9.81. The van der Waals surface area contributed by atoms with Gasteiger partial charge in [-0.2, -0.15) is 17.0 Å². The van der Waals surface area contributed by atoms with Crippen molar-refractivity contribution in [3.8, 4) is 0 Å². The van der Waals surface area contributed by atoms with Gasteiger partial charge in [0.2, 0.25) is 0 Å². The molecule has 0 bridgehead atoms. The van der Waals surface area contributed by atoms with Crippen molar-refractivity contribution in [1.29, 1.82) is 0 Å². The van der Waals surface area contributed by atoms with Crippen molar-refractivity contribution in [2.75, 3.05) is 26.7 Å². The Kier molecular flexibility index (Phi) is 5.17. The van der Waals surface area contributed by atoms with Gasteiger partial charge < -0.3 is 5.73 Å². The third kappa shape index (κ3) is 3.44. The summed E-state index contributed by atoms with van der Waals surface area (Å²) in [5.74, 6) is 0. The molecule has 1 fully saturated rings. The van der Waals surface area contributed by atoms with Gasteiger partial charge in [-0.15, -0.1) is 0 Å². The van der Waals surface area contributed by atoms with Gasteiger partial charge in [0.25, 0.3) is 10.2 Å². The van der Waals surface area contributed by atoms with Crippen LogP contribution in [0.15, 0.2) is 0 Å². The Balaban J connectivity index is 2.74. The van der Waals surface area contributed by atoms with Gasteiger partial charge in [0.05, 0.1) is 0 Å². The third-order valence-corrected chi connectivity index (χ3v) is 5.76. The zero-order valence-electron chi connectivity index (χ0n) is 12.0. The summed E-state index contributed by atoms with van der Waals surface area (Å²) in [4.78, 5) is 0. The number of unbranched alkanes of at least 4 members (excludes halogenated alkanes) is 1. The molecule has 1 unspecified atom stereocenters. The van der Waals surface area contributed by atoms with E-state index in [-0.39, 0.29) is 11.5 Å².